The molecule has 0 amide bonds. The van der Waals surface area contributed by atoms with Crippen LogP contribution in [0.25, 0.3) is 0 Å². The summed E-state index contributed by atoms with van der Waals surface area (Å²) in [7, 11) is 0. The van der Waals surface area contributed by atoms with Crippen molar-refractivity contribution >= 4 is 21.6 Å². The van der Waals surface area contributed by atoms with Crippen molar-refractivity contribution in [3.63, 3.8) is 0 Å². The van der Waals surface area contributed by atoms with Crippen molar-refractivity contribution in [1.82, 2.24) is 5.32 Å². The number of benzene rings is 2. The second-order valence-corrected chi connectivity index (χ2v) is 5.90. The number of rotatable bonds is 2. The van der Waals surface area contributed by atoms with Crippen LogP contribution in [0.4, 0.5) is 10.1 Å². The molecule has 0 saturated heterocycles. The van der Waals surface area contributed by atoms with Crippen LogP contribution in [0.5, 0.6) is 0 Å². The molecule has 0 aromatic heterocycles. The van der Waals surface area contributed by atoms with Crippen molar-refractivity contribution in [1.29, 1.82) is 0 Å². The first-order valence-corrected chi connectivity index (χ1v) is 7.53. The van der Waals surface area contributed by atoms with Gasteiger partial charge in [0, 0.05) is 11.0 Å². The zero-order chi connectivity index (χ0) is 13.9. The average molecular weight is 335 g/mol. The quantitative estimate of drug-likeness (QED) is 0.858. The Kier molecular flexibility index (Phi) is 4.03. The van der Waals surface area contributed by atoms with Crippen LogP contribution in [0, 0.1) is 5.82 Å². The van der Waals surface area contributed by atoms with E-state index in [9.17, 15) is 4.39 Å². The van der Waals surface area contributed by atoms with Gasteiger partial charge in [0.2, 0.25) is 0 Å². The average Bonchev–Trinajstić information content (AvgIpc) is 2.66. The van der Waals surface area contributed by atoms with E-state index in [4.69, 9.17) is 0 Å². The molecule has 2 N–H and O–H groups in total. The van der Waals surface area contributed by atoms with E-state index in [1.54, 1.807) is 12.1 Å². The Balaban J connectivity index is 1.92. The molecule has 1 unspecified atom stereocenters. The number of hydrogen-bond donors (Lipinski definition) is 2. The molecular weight excluding hydrogens is 319 g/mol. The Morgan fingerprint density at radius 1 is 1.20 bits per heavy atom. The maximum absolute atomic E-state index is 13.9. The van der Waals surface area contributed by atoms with E-state index >= 15 is 0 Å². The Hall–Kier alpha value is -1.39. The number of hydrogen-bond acceptors (Lipinski definition) is 2. The van der Waals surface area contributed by atoms with Crippen LogP contribution in [0.15, 0.2) is 46.9 Å². The normalized spacial score (nSPS) is 18.2. The molecule has 20 heavy (non-hydrogen) atoms. The van der Waals surface area contributed by atoms with Crippen molar-refractivity contribution in [2.45, 2.75) is 19.0 Å². The van der Waals surface area contributed by atoms with Gasteiger partial charge in [-0.25, -0.2) is 4.39 Å². The molecule has 104 valence electrons. The van der Waals surface area contributed by atoms with Crippen LogP contribution >= 0.6 is 15.9 Å². The van der Waals surface area contributed by atoms with Gasteiger partial charge in [-0.05, 0) is 42.3 Å². The van der Waals surface area contributed by atoms with Gasteiger partial charge in [-0.2, -0.15) is 0 Å². The summed E-state index contributed by atoms with van der Waals surface area (Å²) in [4.78, 5) is 0. The molecule has 2 nitrogen and oxygen atoms in total. The predicted molar refractivity (Wildman–Crippen MR) is 83.2 cm³/mol. The molecule has 0 bridgehead atoms. The summed E-state index contributed by atoms with van der Waals surface area (Å²) in [6.45, 7) is 1.79. The van der Waals surface area contributed by atoms with Crippen molar-refractivity contribution in [3.05, 3.63) is 63.9 Å². The molecule has 1 heterocycles. The maximum atomic E-state index is 13.9. The first-order chi connectivity index (χ1) is 9.74. The summed E-state index contributed by atoms with van der Waals surface area (Å²) in [5.74, 6) is -0.220. The molecule has 0 radical (unpaired) electrons. The summed E-state index contributed by atoms with van der Waals surface area (Å²) in [6.07, 6.45) is 0.933. The fourth-order valence-corrected chi connectivity index (χ4v) is 2.97. The number of nitrogens with one attached hydrogen (secondary N) is 2. The third kappa shape index (κ3) is 2.86. The Bertz CT molecular complexity index is 615. The minimum atomic E-state index is -0.220. The molecule has 0 aliphatic carbocycles. The highest BCUT2D eigenvalue weighted by Crippen LogP contribution is 2.29. The van der Waals surface area contributed by atoms with Crippen LogP contribution in [0.3, 0.4) is 0 Å². The number of halogens is 2. The van der Waals surface area contributed by atoms with Gasteiger partial charge >= 0.3 is 0 Å². The second kappa shape index (κ2) is 5.94. The highest BCUT2D eigenvalue weighted by Gasteiger charge is 2.18. The Labute approximate surface area is 126 Å². The standard InChI is InChI=1S/C16H16BrFN2/c17-12-5-6-14(18)16(9-12)20-15-7-8-19-10-11-3-1-2-4-13(11)15/h1-6,9,15,19-20H,7-8,10H2. The van der Waals surface area contributed by atoms with Crippen LogP contribution in [-0.4, -0.2) is 6.54 Å². The van der Waals surface area contributed by atoms with Crippen LogP contribution in [-0.2, 0) is 6.54 Å². The maximum Gasteiger partial charge on any atom is 0.146 e. The zero-order valence-corrected chi connectivity index (χ0v) is 12.6. The lowest BCUT2D eigenvalue weighted by Crippen LogP contribution is -2.15. The van der Waals surface area contributed by atoms with Gasteiger partial charge in [0.05, 0.1) is 11.7 Å². The van der Waals surface area contributed by atoms with Crippen molar-refractivity contribution in [2.24, 2.45) is 0 Å². The van der Waals surface area contributed by atoms with Gasteiger partial charge in [-0.15, -0.1) is 0 Å². The highest BCUT2D eigenvalue weighted by atomic mass is 79.9. The topological polar surface area (TPSA) is 24.1 Å². The smallest absolute Gasteiger partial charge is 0.146 e. The molecule has 1 aliphatic heterocycles. The lowest BCUT2D eigenvalue weighted by molar-refractivity contribution is 0.612. The van der Waals surface area contributed by atoms with Crippen LogP contribution < -0.4 is 10.6 Å². The zero-order valence-electron chi connectivity index (χ0n) is 11.0. The van der Waals surface area contributed by atoms with E-state index in [-0.39, 0.29) is 11.9 Å². The molecule has 1 aliphatic rings. The van der Waals surface area contributed by atoms with E-state index < -0.39 is 0 Å². The third-order valence-corrected chi connectivity index (χ3v) is 4.11. The summed E-state index contributed by atoms with van der Waals surface area (Å²) >= 11 is 3.39. The van der Waals surface area contributed by atoms with Gasteiger partial charge in [-0.1, -0.05) is 40.2 Å². The van der Waals surface area contributed by atoms with Gasteiger partial charge in [0.25, 0.3) is 0 Å². The molecule has 2 aromatic rings. The molecular formula is C16H16BrFN2. The lowest BCUT2D eigenvalue weighted by atomic mass is 9.99. The fraction of sp³-hybridized carbons (Fsp3) is 0.250. The highest BCUT2D eigenvalue weighted by molar-refractivity contribution is 9.10. The van der Waals surface area contributed by atoms with E-state index in [2.05, 4.69) is 38.7 Å². The largest absolute Gasteiger partial charge is 0.376 e. The van der Waals surface area contributed by atoms with Crippen molar-refractivity contribution in [2.75, 3.05) is 11.9 Å². The summed E-state index contributed by atoms with van der Waals surface area (Å²) in [5.41, 5.74) is 3.07. The Morgan fingerprint density at radius 3 is 2.95 bits per heavy atom. The van der Waals surface area contributed by atoms with E-state index in [1.165, 1.54) is 17.2 Å². The van der Waals surface area contributed by atoms with Gasteiger partial charge in [0.1, 0.15) is 5.82 Å². The molecule has 1 atom stereocenters. The van der Waals surface area contributed by atoms with E-state index in [1.807, 2.05) is 12.1 Å². The van der Waals surface area contributed by atoms with Gasteiger partial charge < -0.3 is 10.6 Å². The van der Waals surface area contributed by atoms with E-state index in [0.29, 0.717) is 5.69 Å². The fourth-order valence-electron chi connectivity index (χ4n) is 2.61. The molecule has 0 saturated carbocycles. The molecule has 3 rings (SSSR count). The minimum absolute atomic E-state index is 0.130. The number of fused-ring (bicyclic) bond motifs is 1. The van der Waals surface area contributed by atoms with E-state index in [0.717, 1.165) is 24.0 Å². The summed E-state index contributed by atoms with van der Waals surface area (Å²) in [5, 5.41) is 6.74. The van der Waals surface area contributed by atoms with Crippen LogP contribution in [0.1, 0.15) is 23.6 Å². The molecule has 4 heteroatoms. The second-order valence-electron chi connectivity index (χ2n) is 4.99. The van der Waals surface area contributed by atoms with Gasteiger partial charge in [-0.3, -0.25) is 0 Å². The number of anilines is 1. The minimum Gasteiger partial charge on any atom is -0.376 e. The van der Waals surface area contributed by atoms with Crippen LogP contribution in [0.2, 0.25) is 0 Å². The molecule has 0 spiro atoms. The molecule has 0 fully saturated rings. The predicted octanol–water partition coefficient (Wildman–Crippen LogP) is 4.23. The first kappa shape index (κ1) is 13.6. The Morgan fingerprint density at radius 2 is 2.05 bits per heavy atom. The third-order valence-electron chi connectivity index (χ3n) is 3.61. The van der Waals surface area contributed by atoms with Gasteiger partial charge in [0.15, 0.2) is 0 Å². The summed E-state index contributed by atoms with van der Waals surface area (Å²) < 4.78 is 14.8. The monoisotopic (exact) mass is 334 g/mol. The SMILES string of the molecule is Fc1ccc(Br)cc1NC1CCNCc2ccccc21. The molecule has 2 aromatic carbocycles. The summed E-state index contributed by atoms with van der Waals surface area (Å²) in [6, 6.07) is 13.4. The first-order valence-electron chi connectivity index (χ1n) is 6.74. The lowest BCUT2D eigenvalue weighted by Gasteiger charge is -2.20. The van der Waals surface area contributed by atoms with Crippen molar-refractivity contribution in [3.8, 4) is 0 Å². The van der Waals surface area contributed by atoms with Crippen molar-refractivity contribution < 1.29 is 4.39 Å².